The summed E-state index contributed by atoms with van der Waals surface area (Å²) in [6.45, 7) is 1.55. The van der Waals surface area contributed by atoms with Crippen LogP contribution in [0, 0.1) is 0 Å². The Morgan fingerprint density at radius 3 is 3.20 bits per heavy atom. The number of nitrogens with zero attached hydrogens (tertiary/aromatic N) is 2. The molecule has 0 atom stereocenters. The third-order valence-electron chi connectivity index (χ3n) is 2.99. The maximum atomic E-state index is 5.73. The van der Waals surface area contributed by atoms with Gasteiger partial charge in [0.25, 0.3) is 0 Å². The van der Waals surface area contributed by atoms with Crippen molar-refractivity contribution in [2.24, 2.45) is 5.73 Å². The van der Waals surface area contributed by atoms with E-state index in [0.29, 0.717) is 6.54 Å². The molecule has 0 radical (unpaired) electrons. The van der Waals surface area contributed by atoms with Crippen LogP contribution in [0.5, 0.6) is 0 Å². The average molecular weight is 202 g/mol. The van der Waals surface area contributed by atoms with Crippen LogP contribution in [0.2, 0.25) is 0 Å². The number of nitrogens with one attached hydrogen (secondary N) is 1. The van der Waals surface area contributed by atoms with Gasteiger partial charge in [-0.15, -0.1) is 0 Å². The fourth-order valence-electron chi connectivity index (χ4n) is 2.34. The number of rotatable bonds is 2. The van der Waals surface area contributed by atoms with Crippen LogP contribution in [0.3, 0.4) is 0 Å². The second kappa shape index (κ2) is 3.24. The van der Waals surface area contributed by atoms with Gasteiger partial charge in [-0.1, -0.05) is 0 Å². The molecule has 1 aliphatic heterocycles. The molecule has 0 spiro atoms. The Kier molecular flexibility index (Phi) is 1.89. The van der Waals surface area contributed by atoms with E-state index in [-0.39, 0.29) is 0 Å². The molecule has 78 valence electrons. The van der Waals surface area contributed by atoms with Crippen molar-refractivity contribution in [1.29, 1.82) is 0 Å². The first-order valence-electron chi connectivity index (χ1n) is 5.32. The van der Waals surface area contributed by atoms with E-state index < -0.39 is 0 Å². The Morgan fingerprint density at radius 1 is 1.53 bits per heavy atom. The molecule has 2 aromatic rings. The SMILES string of the molecule is NCc1nn2c(c1-c1cc[nH]c1)CCC2. The van der Waals surface area contributed by atoms with Gasteiger partial charge in [0.05, 0.1) is 5.69 Å². The second-order valence-corrected chi connectivity index (χ2v) is 3.90. The van der Waals surface area contributed by atoms with E-state index in [1.54, 1.807) is 0 Å². The summed E-state index contributed by atoms with van der Waals surface area (Å²) in [5.41, 5.74) is 10.5. The molecular formula is C11H14N4. The van der Waals surface area contributed by atoms with Crippen molar-refractivity contribution in [3.8, 4) is 11.1 Å². The molecule has 0 unspecified atom stereocenters. The summed E-state index contributed by atoms with van der Waals surface area (Å²) < 4.78 is 2.10. The summed E-state index contributed by atoms with van der Waals surface area (Å²) >= 11 is 0. The van der Waals surface area contributed by atoms with Crippen LogP contribution < -0.4 is 5.73 Å². The van der Waals surface area contributed by atoms with Gasteiger partial charge in [0.15, 0.2) is 0 Å². The minimum Gasteiger partial charge on any atom is -0.367 e. The number of hydrogen-bond acceptors (Lipinski definition) is 2. The molecule has 3 N–H and O–H groups in total. The molecule has 3 rings (SSSR count). The van der Waals surface area contributed by atoms with Gasteiger partial charge >= 0.3 is 0 Å². The maximum absolute atomic E-state index is 5.73. The number of aryl methyl sites for hydroxylation is 1. The molecule has 0 amide bonds. The molecule has 0 saturated heterocycles. The molecule has 0 bridgehead atoms. The topological polar surface area (TPSA) is 59.6 Å². The van der Waals surface area contributed by atoms with Crippen LogP contribution >= 0.6 is 0 Å². The van der Waals surface area contributed by atoms with Gasteiger partial charge in [0.2, 0.25) is 0 Å². The van der Waals surface area contributed by atoms with Crippen molar-refractivity contribution in [3.05, 3.63) is 29.8 Å². The lowest BCUT2D eigenvalue weighted by Gasteiger charge is -1.99. The molecule has 0 aliphatic carbocycles. The van der Waals surface area contributed by atoms with Gasteiger partial charge in [0, 0.05) is 42.3 Å². The van der Waals surface area contributed by atoms with E-state index in [1.165, 1.54) is 23.2 Å². The largest absolute Gasteiger partial charge is 0.367 e. The minimum atomic E-state index is 0.514. The van der Waals surface area contributed by atoms with Crippen LogP contribution in [0.15, 0.2) is 18.5 Å². The summed E-state index contributed by atoms with van der Waals surface area (Å²) in [4.78, 5) is 3.08. The first kappa shape index (κ1) is 8.73. The van der Waals surface area contributed by atoms with Crippen molar-refractivity contribution in [2.75, 3.05) is 0 Å². The van der Waals surface area contributed by atoms with E-state index in [2.05, 4.69) is 20.8 Å². The van der Waals surface area contributed by atoms with Crippen molar-refractivity contribution >= 4 is 0 Å². The molecule has 3 heterocycles. The fraction of sp³-hybridized carbons (Fsp3) is 0.364. The van der Waals surface area contributed by atoms with Crippen molar-refractivity contribution < 1.29 is 0 Å². The second-order valence-electron chi connectivity index (χ2n) is 3.90. The number of aromatic nitrogens is 3. The van der Waals surface area contributed by atoms with E-state index in [9.17, 15) is 0 Å². The lowest BCUT2D eigenvalue weighted by atomic mass is 10.0. The Bertz CT molecular complexity index is 467. The Morgan fingerprint density at radius 2 is 2.47 bits per heavy atom. The molecule has 1 aliphatic rings. The third kappa shape index (κ3) is 1.22. The summed E-state index contributed by atoms with van der Waals surface area (Å²) in [5, 5.41) is 4.54. The molecule has 4 nitrogen and oxygen atoms in total. The number of aromatic amines is 1. The van der Waals surface area contributed by atoms with Crippen LogP contribution in [0.1, 0.15) is 17.8 Å². The monoisotopic (exact) mass is 202 g/mol. The van der Waals surface area contributed by atoms with Gasteiger partial charge in [-0.25, -0.2) is 0 Å². The van der Waals surface area contributed by atoms with Gasteiger partial charge < -0.3 is 10.7 Å². The number of fused-ring (bicyclic) bond motifs is 1. The van der Waals surface area contributed by atoms with Crippen molar-refractivity contribution in [3.63, 3.8) is 0 Å². The average Bonchev–Trinajstić information content (AvgIpc) is 2.92. The summed E-state index contributed by atoms with van der Waals surface area (Å²) in [6, 6.07) is 2.08. The standard InChI is InChI=1S/C11H14N4/c12-6-9-11(8-3-4-13-7-8)10-2-1-5-15(10)14-9/h3-4,7,13H,1-2,5-6,12H2. The number of H-pyrrole nitrogens is 1. The van der Waals surface area contributed by atoms with Crippen LogP contribution in [0.25, 0.3) is 11.1 Å². The van der Waals surface area contributed by atoms with Crippen LogP contribution in [-0.2, 0) is 19.5 Å². The highest BCUT2D eigenvalue weighted by Crippen LogP contribution is 2.31. The first-order valence-corrected chi connectivity index (χ1v) is 5.32. The molecule has 0 aromatic carbocycles. The predicted octanol–water partition coefficient (Wildman–Crippen LogP) is 1.28. The highest BCUT2D eigenvalue weighted by Gasteiger charge is 2.21. The molecule has 15 heavy (non-hydrogen) atoms. The smallest absolute Gasteiger partial charge is 0.0842 e. The van der Waals surface area contributed by atoms with Crippen LogP contribution in [0.4, 0.5) is 0 Å². The molecule has 2 aromatic heterocycles. The van der Waals surface area contributed by atoms with Crippen molar-refractivity contribution in [2.45, 2.75) is 25.9 Å². The highest BCUT2D eigenvalue weighted by atomic mass is 15.3. The van der Waals surface area contributed by atoms with Crippen molar-refractivity contribution in [1.82, 2.24) is 14.8 Å². The first-order chi connectivity index (χ1) is 7.40. The quantitative estimate of drug-likeness (QED) is 0.770. The van der Waals surface area contributed by atoms with E-state index >= 15 is 0 Å². The van der Waals surface area contributed by atoms with Crippen LogP contribution in [-0.4, -0.2) is 14.8 Å². The fourth-order valence-corrected chi connectivity index (χ4v) is 2.34. The summed E-state index contributed by atoms with van der Waals surface area (Å²) in [5.74, 6) is 0. The summed E-state index contributed by atoms with van der Waals surface area (Å²) in [7, 11) is 0. The zero-order valence-electron chi connectivity index (χ0n) is 8.53. The molecule has 0 fully saturated rings. The molecule has 4 heteroatoms. The minimum absolute atomic E-state index is 0.514. The Labute approximate surface area is 88.1 Å². The molecular weight excluding hydrogens is 188 g/mol. The maximum Gasteiger partial charge on any atom is 0.0842 e. The van der Waals surface area contributed by atoms with Gasteiger partial charge in [-0.05, 0) is 18.9 Å². The van der Waals surface area contributed by atoms with Gasteiger partial charge in [-0.2, -0.15) is 5.10 Å². The van der Waals surface area contributed by atoms with E-state index in [1.807, 2.05) is 12.4 Å². The number of hydrogen-bond donors (Lipinski definition) is 2. The summed E-state index contributed by atoms with van der Waals surface area (Å²) in [6.07, 6.45) is 6.27. The zero-order valence-corrected chi connectivity index (χ0v) is 8.53. The van der Waals surface area contributed by atoms with Gasteiger partial charge in [-0.3, -0.25) is 4.68 Å². The Balaban J connectivity index is 2.20. The molecule has 0 saturated carbocycles. The highest BCUT2D eigenvalue weighted by molar-refractivity contribution is 5.68. The van der Waals surface area contributed by atoms with E-state index in [0.717, 1.165) is 18.7 Å². The normalized spacial score (nSPS) is 14.5. The number of nitrogens with two attached hydrogens (primary N) is 1. The third-order valence-corrected chi connectivity index (χ3v) is 2.99. The van der Waals surface area contributed by atoms with E-state index in [4.69, 9.17) is 5.73 Å². The Hall–Kier alpha value is -1.55. The van der Waals surface area contributed by atoms with Gasteiger partial charge in [0.1, 0.15) is 0 Å². The lowest BCUT2D eigenvalue weighted by molar-refractivity contribution is 0.644. The lowest BCUT2D eigenvalue weighted by Crippen LogP contribution is -2.01. The zero-order chi connectivity index (χ0) is 10.3. The predicted molar refractivity (Wildman–Crippen MR) is 58.2 cm³/mol.